The fourth-order valence-electron chi connectivity index (χ4n) is 2.93. The number of benzene rings is 1. The zero-order valence-electron chi connectivity index (χ0n) is 14.3. The van der Waals surface area contributed by atoms with Crippen molar-refractivity contribution in [3.05, 3.63) is 35.1 Å². The first-order chi connectivity index (χ1) is 11.0. The highest BCUT2D eigenvalue weighted by Crippen LogP contribution is 2.28. The number of nitrogens with two attached hydrogens (primary N) is 1. The SMILES string of the molecule is CNOc1ccc(/C(C(C)=N)=C(/N)N2CC[C@H](OC)C2)c(C)c1. The molecule has 0 spiro atoms. The average Bonchev–Trinajstić information content (AvgIpc) is 2.98. The van der Waals surface area contributed by atoms with Gasteiger partial charge in [0.2, 0.25) is 0 Å². The van der Waals surface area contributed by atoms with E-state index in [1.165, 1.54) is 0 Å². The van der Waals surface area contributed by atoms with Gasteiger partial charge in [-0.3, -0.25) is 0 Å². The third kappa shape index (κ3) is 3.83. The van der Waals surface area contributed by atoms with E-state index in [2.05, 4.69) is 10.4 Å². The summed E-state index contributed by atoms with van der Waals surface area (Å²) in [6.45, 7) is 5.37. The van der Waals surface area contributed by atoms with E-state index in [0.717, 1.165) is 42.0 Å². The average molecular weight is 318 g/mol. The van der Waals surface area contributed by atoms with Crippen LogP contribution in [0.4, 0.5) is 0 Å². The fraction of sp³-hybridized carbons (Fsp3) is 0.471. The molecule has 0 aliphatic carbocycles. The second-order valence-corrected chi connectivity index (χ2v) is 5.76. The van der Waals surface area contributed by atoms with Gasteiger partial charge in [-0.1, -0.05) is 6.07 Å². The summed E-state index contributed by atoms with van der Waals surface area (Å²) in [6.07, 6.45) is 1.16. The normalized spacial score (nSPS) is 18.8. The van der Waals surface area contributed by atoms with E-state index in [-0.39, 0.29) is 6.10 Å². The van der Waals surface area contributed by atoms with Gasteiger partial charge >= 0.3 is 0 Å². The summed E-state index contributed by atoms with van der Waals surface area (Å²) in [5.74, 6) is 1.37. The van der Waals surface area contributed by atoms with E-state index < -0.39 is 0 Å². The van der Waals surface area contributed by atoms with Crippen molar-refractivity contribution in [3.63, 3.8) is 0 Å². The molecule has 1 fully saturated rings. The molecule has 0 saturated carbocycles. The first-order valence-corrected chi connectivity index (χ1v) is 7.75. The van der Waals surface area contributed by atoms with Gasteiger partial charge in [-0.2, -0.15) is 5.48 Å². The molecule has 0 bridgehead atoms. The highest BCUT2D eigenvalue weighted by Gasteiger charge is 2.25. The molecule has 1 heterocycles. The quantitative estimate of drug-likeness (QED) is 0.551. The van der Waals surface area contributed by atoms with Gasteiger partial charge < -0.3 is 25.6 Å². The number of hydrogen-bond acceptors (Lipinski definition) is 6. The number of hydroxylamine groups is 1. The molecule has 0 radical (unpaired) electrons. The minimum Gasteiger partial charge on any atom is -0.409 e. The van der Waals surface area contributed by atoms with Crippen LogP contribution in [-0.4, -0.2) is 44.0 Å². The Balaban J connectivity index is 2.38. The summed E-state index contributed by atoms with van der Waals surface area (Å²) < 4.78 is 5.41. The van der Waals surface area contributed by atoms with E-state index in [0.29, 0.717) is 11.5 Å². The van der Waals surface area contributed by atoms with E-state index in [1.54, 1.807) is 21.1 Å². The molecule has 1 aliphatic heterocycles. The second kappa shape index (κ2) is 7.48. The summed E-state index contributed by atoms with van der Waals surface area (Å²) in [5, 5.41) is 8.17. The molecule has 0 aromatic heterocycles. The Morgan fingerprint density at radius 1 is 1.43 bits per heavy atom. The van der Waals surface area contributed by atoms with E-state index in [9.17, 15) is 0 Å². The van der Waals surface area contributed by atoms with Crippen molar-refractivity contribution in [2.24, 2.45) is 5.73 Å². The molecule has 1 saturated heterocycles. The first kappa shape index (κ1) is 17.3. The number of nitrogens with zero attached hydrogens (tertiary/aromatic N) is 1. The van der Waals surface area contributed by atoms with Crippen LogP contribution in [0.15, 0.2) is 24.0 Å². The third-order valence-corrected chi connectivity index (χ3v) is 4.14. The number of ether oxygens (including phenoxy) is 1. The summed E-state index contributed by atoms with van der Waals surface area (Å²) in [4.78, 5) is 7.39. The molecule has 0 unspecified atom stereocenters. The van der Waals surface area contributed by atoms with Gasteiger partial charge in [-0.25, -0.2) is 0 Å². The van der Waals surface area contributed by atoms with Crippen LogP contribution in [0.2, 0.25) is 0 Å². The Labute approximate surface area is 137 Å². The van der Waals surface area contributed by atoms with Crippen LogP contribution in [0.25, 0.3) is 5.57 Å². The zero-order chi connectivity index (χ0) is 17.0. The molecule has 1 atom stereocenters. The number of allylic oxidation sites excluding steroid dienone is 1. The van der Waals surface area contributed by atoms with Crippen LogP contribution < -0.4 is 16.1 Å². The Kier molecular flexibility index (Phi) is 5.63. The Bertz CT molecular complexity index is 613. The van der Waals surface area contributed by atoms with Gasteiger partial charge in [0.1, 0.15) is 11.6 Å². The fourth-order valence-corrected chi connectivity index (χ4v) is 2.93. The summed E-state index contributed by atoms with van der Waals surface area (Å²) in [5.41, 5.74) is 12.3. The van der Waals surface area contributed by atoms with Crippen LogP contribution >= 0.6 is 0 Å². The monoisotopic (exact) mass is 318 g/mol. The molecule has 2 rings (SSSR count). The van der Waals surface area contributed by atoms with Gasteiger partial charge in [0.25, 0.3) is 0 Å². The predicted molar refractivity (Wildman–Crippen MR) is 92.4 cm³/mol. The van der Waals surface area contributed by atoms with Crippen molar-refractivity contribution >= 4 is 11.3 Å². The lowest BCUT2D eigenvalue weighted by molar-refractivity contribution is 0.111. The highest BCUT2D eigenvalue weighted by molar-refractivity contribution is 6.22. The van der Waals surface area contributed by atoms with E-state index in [1.807, 2.05) is 25.1 Å². The minimum absolute atomic E-state index is 0.202. The highest BCUT2D eigenvalue weighted by atomic mass is 16.6. The molecule has 6 nitrogen and oxygen atoms in total. The third-order valence-electron chi connectivity index (χ3n) is 4.14. The molecule has 4 N–H and O–H groups in total. The number of methoxy groups -OCH3 is 1. The number of nitrogens with one attached hydrogen (secondary N) is 2. The summed E-state index contributed by atoms with van der Waals surface area (Å²) in [7, 11) is 3.44. The maximum atomic E-state index is 8.17. The number of likely N-dealkylation sites (tertiary alicyclic amines) is 1. The van der Waals surface area contributed by atoms with Crippen LogP contribution in [0, 0.1) is 12.3 Å². The summed E-state index contributed by atoms with van der Waals surface area (Å²) in [6, 6.07) is 5.76. The Morgan fingerprint density at radius 3 is 2.70 bits per heavy atom. The predicted octanol–water partition coefficient (Wildman–Crippen LogP) is 1.90. The molecular weight excluding hydrogens is 292 g/mol. The van der Waals surface area contributed by atoms with Crippen molar-refractivity contribution in [1.82, 2.24) is 10.4 Å². The standard InChI is InChI=1S/C17H26N4O2/c1-11-9-13(23-20-3)5-6-15(11)16(12(2)18)17(19)21-8-7-14(10-21)22-4/h5-6,9,14,18,20H,7-8,10,19H2,1-4H3/b17-16-,18-12?/t14-/m0/s1. The first-order valence-electron chi connectivity index (χ1n) is 7.75. The molecule has 1 aromatic carbocycles. The maximum Gasteiger partial charge on any atom is 0.147 e. The van der Waals surface area contributed by atoms with E-state index in [4.69, 9.17) is 20.7 Å². The maximum absolute atomic E-state index is 8.17. The van der Waals surface area contributed by atoms with Gasteiger partial charge in [0, 0.05) is 38.5 Å². The smallest absolute Gasteiger partial charge is 0.147 e. The molecular formula is C17H26N4O2. The Hall–Kier alpha value is -2.05. The van der Waals surface area contributed by atoms with Crippen molar-refractivity contribution in [2.75, 3.05) is 27.2 Å². The lowest BCUT2D eigenvalue weighted by Gasteiger charge is -2.23. The van der Waals surface area contributed by atoms with Crippen molar-refractivity contribution in [1.29, 1.82) is 5.41 Å². The van der Waals surface area contributed by atoms with Gasteiger partial charge in [0.05, 0.1) is 6.10 Å². The van der Waals surface area contributed by atoms with Gasteiger partial charge in [-0.05, 0) is 43.5 Å². The largest absolute Gasteiger partial charge is 0.409 e. The number of hydrogen-bond donors (Lipinski definition) is 3. The van der Waals surface area contributed by atoms with Gasteiger partial charge in [-0.15, -0.1) is 0 Å². The van der Waals surface area contributed by atoms with Crippen LogP contribution in [0.1, 0.15) is 24.5 Å². The number of aryl methyl sites for hydroxylation is 1. The molecule has 126 valence electrons. The van der Waals surface area contributed by atoms with Crippen molar-refractivity contribution in [2.45, 2.75) is 26.4 Å². The topological polar surface area (TPSA) is 83.6 Å². The molecule has 6 heteroatoms. The van der Waals surface area contributed by atoms with Crippen LogP contribution in [0.3, 0.4) is 0 Å². The molecule has 1 aromatic rings. The zero-order valence-corrected chi connectivity index (χ0v) is 14.3. The van der Waals surface area contributed by atoms with Crippen LogP contribution in [-0.2, 0) is 4.74 Å². The molecule has 23 heavy (non-hydrogen) atoms. The lowest BCUT2D eigenvalue weighted by Crippen LogP contribution is -2.29. The summed E-state index contributed by atoms with van der Waals surface area (Å²) >= 11 is 0. The van der Waals surface area contributed by atoms with Crippen molar-refractivity contribution < 1.29 is 9.57 Å². The van der Waals surface area contributed by atoms with E-state index >= 15 is 0 Å². The van der Waals surface area contributed by atoms with Gasteiger partial charge in [0.15, 0.2) is 0 Å². The molecule has 1 aliphatic rings. The van der Waals surface area contributed by atoms with Crippen molar-refractivity contribution in [3.8, 4) is 5.75 Å². The Morgan fingerprint density at radius 2 is 2.17 bits per heavy atom. The minimum atomic E-state index is 0.202. The lowest BCUT2D eigenvalue weighted by atomic mass is 9.96. The second-order valence-electron chi connectivity index (χ2n) is 5.76. The molecule has 0 amide bonds. The number of rotatable bonds is 6. The van der Waals surface area contributed by atoms with Crippen LogP contribution in [0.5, 0.6) is 5.75 Å².